The molecular weight excluding hydrogens is 214 g/mol. The number of likely N-dealkylation sites (N-methyl/N-ethyl adjacent to an activating group) is 1. The SMILES string of the molecule is COCCN(C)CCNC1CCCCC1CN. The topological polar surface area (TPSA) is 50.5 Å². The van der Waals surface area contributed by atoms with Gasteiger partial charge in [0, 0.05) is 32.8 Å². The fraction of sp³-hybridized carbons (Fsp3) is 1.00. The van der Waals surface area contributed by atoms with E-state index in [-0.39, 0.29) is 0 Å². The standard InChI is InChI=1S/C13H29N3O/c1-16(9-10-17-2)8-7-15-13-6-4-3-5-12(13)11-14/h12-13,15H,3-11,14H2,1-2H3. The largest absolute Gasteiger partial charge is 0.383 e. The minimum Gasteiger partial charge on any atom is -0.383 e. The summed E-state index contributed by atoms with van der Waals surface area (Å²) in [6.07, 6.45) is 5.30. The van der Waals surface area contributed by atoms with E-state index in [1.54, 1.807) is 7.11 Å². The molecule has 2 atom stereocenters. The summed E-state index contributed by atoms with van der Waals surface area (Å²) >= 11 is 0. The van der Waals surface area contributed by atoms with E-state index >= 15 is 0 Å². The maximum absolute atomic E-state index is 5.82. The fourth-order valence-electron chi connectivity index (χ4n) is 2.56. The summed E-state index contributed by atoms with van der Waals surface area (Å²) in [6, 6.07) is 0.643. The molecule has 1 saturated carbocycles. The molecular formula is C13H29N3O. The van der Waals surface area contributed by atoms with Gasteiger partial charge >= 0.3 is 0 Å². The number of nitrogens with one attached hydrogen (secondary N) is 1. The van der Waals surface area contributed by atoms with Gasteiger partial charge in [0.25, 0.3) is 0 Å². The van der Waals surface area contributed by atoms with Gasteiger partial charge < -0.3 is 20.7 Å². The Bertz CT molecular complexity index is 190. The summed E-state index contributed by atoms with van der Waals surface area (Å²) in [4.78, 5) is 2.30. The zero-order valence-electron chi connectivity index (χ0n) is 11.5. The second-order valence-electron chi connectivity index (χ2n) is 5.14. The van der Waals surface area contributed by atoms with Crippen LogP contribution < -0.4 is 11.1 Å². The maximum atomic E-state index is 5.82. The highest BCUT2D eigenvalue weighted by atomic mass is 16.5. The van der Waals surface area contributed by atoms with Gasteiger partial charge in [-0.1, -0.05) is 12.8 Å². The summed E-state index contributed by atoms with van der Waals surface area (Å²) in [5, 5.41) is 3.67. The number of rotatable bonds is 8. The second-order valence-corrected chi connectivity index (χ2v) is 5.14. The van der Waals surface area contributed by atoms with Crippen molar-refractivity contribution in [1.82, 2.24) is 10.2 Å². The third-order valence-corrected chi connectivity index (χ3v) is 3.79. The molecule has 0 saturated heterocycles. The molecule has 0 aromatic heterocycles. The van der Waals surface area contributed by atoms with Gasteiger partial charge in [-0.05, 0) is 32.4 Å². The number of methoxy groups -OCH3 is 1. The van der Waals surface area contributed by atoms with Crippen LogP contribution in [0.15, 0.2) is 0 Å². The Morgan fingerprint density at radius 1 is 1.29 bits per heavy atom. The first-order valence-corrected chi connectivity index (χ1v) is 6.89. The predicted molar refractivity (Wildman–Crippen MR) is 72.2 cm³/mol. The van der Waals surface area contributed by atoms with E-state index in [2.05, 4.69) is 17.3 Å². The van der Waals surface area contributed by atoms with Crippen molar-refractivity contribution in [2.75, 3.05) is 46.9 Å². The Balaban J connectivity index is 2.11. The van der Waals surface area contributed by atoms with Crippen LogP contribution in [0.2, 0.25) is 0 Å². The van der Waals surface area contributed by atoms with Crippen LogP contribution in [-0.2, 0) is 4.74 Å². The molecule has 102 valence electrons. The van der Waals surface area contributed by atoms with Gasteiger partial charge in [0.1, 0.15) is 0 Å². The third-order valence-electron chi connectivity index (χ3n) is 3.79. The number of ether oxygens (including phenoxy) is 1. The number of hydrogen-bond acceptors (Lipinski definition) is 4. The maximum Gasteiger partial charge on any atom is 0.0589 e. The Kier molecular flexibility index (Phi) is 7.77. The van der Waals surface area contributed by atoms with Crippen molar-refractivity contribution < 1.29 is 4.74 Å². The Labute approximate surface area is 106 Å². The second kappa shape index (κ2) is 8.86. The van der Waals surface area contributed by atoms with Gasteiger partial charge in [-0.3, -0.25) is 0 Å². The quantitative estimate of drug-likeness (QED) is 0.658. The van der Waals surface area contributed by atoms with E-state index in [0.29, 0.717) is 12.0 Å². The van der Waals surface area contributed by atoms with Crippen LogP contribution in [-0.4, -0.2) is 57.9 Å². The van der Waals surface area contributed by atoms with Crippen molar-refractivity contribution in [3.63, 3.8) is 0 Å². The number of hydrogen-bond donors (Lipinski definition) is 2. The Hall–Kier alpha value is -0.160. The molecule has 17 heavy (non-hydrogen) atoms. The van der Waals surface area contributed by atoms with Crippen LogP contribution in [0.5, 0.6) is 0 Å². The molecule has 0 spiro atoms. The molecule has 0 aromatic rings. The first-order valence-electron chi connectivity index (χ1n) is 6.89. The molecule has 4 nitrogen and oxygen atoms in total. The summed E-state index contributed by atoms with van der Waals surface area (Å²) in [7, 11) is 3.89. The molecule has 0 radical (unpaired) electrons. The van der Waals surface area contributed by atoms with Crippen LogP contribution in [0.25, 0.3) is 0 Å². The Morgan fingerprint density at radius 3 is 2.76 bits per heavy atom. The van der Waals surface area contributed by atoms with Gasteiger partial charge in [0.05, 0.1) is 6.61 Å². The lowest BCUT2D eigenvalue weighted by Crippen LogP contribution is -2.44. The van der Waals surface area contributed by atoms with Crippen LogP contribution >= 0.6 is 0 Å². The van der Waals surface area contributed by atoms with Gasteiger partial charge in [-0.15, -0.1) is 0 Å². The van der Waals surface area contributed by atoms with Gasteiger partial charge in [0.2, 0.25) is 0 Å². The van der Waals surface area contributed by atoms with Crippen molar-refractivity contribution >= 4 is 0 Å². The number of nitrogens with two attached hydrogens (primary N) is 1. The van der Waals surface area contributed by atoms with Crippen LogP contribution in [0.4, 0.5) is 0 Å². The smallest absolute Gasteiger partial charge is 0.0589 e. The molecule has 2 unspecified atom stereocenters. The molecule has 1 aliphatic rings. The summed E-state index contributed by atoms with van der Waals surface area (Å²) in [5.74, 6) is 0.688. The molecule has 1 rings (SSSR count). The van der Waals surface area contributed by atoms with E-state index < -0.39 is 0 Å². The summed E-state index contributed by atoms with van der Waals surface area (Å²) in [6.45, 7) is 4.78. The van der Waals surface area contributed by atoms with Crippen molar-refractivity contribution in [3.05, 3.63) is 0 Å². The lowest BCUT2D eigenvalue weighted by Gasteiger charge is -2.32. The summed E-state index contributed by atoms with van der Waals surface area (Å²) < 4.78 is 5.06. The molecule has 0 amide bonds. The molecule has 1 fully saturated rings. The van der Waals surface area contributed by atoms with Crippen molar-refractivity contribution in [2.45, 2.75) is 31.7 Å². The average Bonchev–Trinajstić information content (AvgIpc) is 2.37. The Morgan fingerprint density at radius 2 is 2.06 bits per heavy atom. The van der Waals surface area contributed by atoms with Crippen molar-refractivity contribution in [1.29, 1.82) is 0 Å². The highest BCUT2D eigenvalue weighted by Gasteiger charge is 2.22. The van der Waals surface area contributed by atoms with Crippen LogP contribution in [0.3, 0.4) is 0 Å². The zero-order valence-corrected chi connectivity index (χ0v) is 11.5. The molecule has 0 aromatic carbocycles. The molecule has 1 aliphatic carbocycles. The monoisotopic (exact) mass is 243 g/mol. The number of nitrogens with zero attached hydrogens (tertiary/aromatic N) is 1. The molecule has 0 bridgehead atoms. The van der Waals surface area contributed by atoms with Gasteiger partial charge in [0.15, 0.2) is 0 Å². The first-order chi connectivity index (χ1) is 8.27. The van der Waals surface area contributed by atoms with E-state index in [1.807, 2.05) is 0 Å². The molecule has 3 N–H and O–H groups in total. The molecule has 4 heteroatoms. The normalized spacial score (nSPS) is 25.4. The average molecular weight is 243 g/mol. The first kappa shape index (κ1) is 14.9. The summed E-state index contributed by atoms with van der Waals surface area (Å²) in [5.41, 5.74) is 5.82. The van der Waals surface area contributed by atoms with Crippen LogP contribution in [0.1, 0.15) is 25.7 Å². The highest BCUT2D eigenvalue weighted by molar-refractivity contribution is 4.81. The zero-order chi connectivity index (χ0) is 12.5. The lowest BCUT2D eigenvalue weighted by molar-refractivity contribution is 0.159. The lowest BCUT2D eigenvalue weighted by atomic mass is 9.84. The molecule has 0 aliphatic heterocycles. The minimum atomic E-state index is 0.643. The van der Waals surface area contributed by atoms with E-state index in [0.717, 1.165) is 32.8 Å². The van der Waals surface area contributed by atoms with E-state index in [1.165, 1.54) is 25.7 Å². The fourth-order valence-corrected chi connectivity index (χ4v) is 2.56. The highest BCUT2D eigenvalue weighted by Crippen LogP contribution is 2.23. The van der Waals surface area contributed by atoms with E-state index in [9.17, 15) is 0 Å². The van der Waals surface area contributed by atoms with Crippen molar-refractivity contribution in [2.24, 2.45) is 11.7 Å². The predicted octanol–water partition coefficient (Wildman–Crippen LogP) is 0.672. The van der Waals surface area contributed by atoms with Gasteiger partial charge in [-0.2, -0.15) is 0 Å². The third kappa shape index (κ3) is 5.82. The van der Waals surface area contributed by atoms with Crippen molar-refractivity contribution in [3.8, 4) is 0 Å². The van der Waals surface area contributed by atoms with Crippen LogP contribution in [0, 0.1) is 5.92 Å². The van der Waals surface area contributed by atoms with E-state index in [4.69, 9.17) is 10.5 Å². The molecule has 0 heterocycles. The minimum absolute atomic E-state index is 0.643. The van der Waals surface area contributed by atoms with Gasteiger partial charge in [-0.25, -0.2) is 0 Å².